The quantitative estimate of drug-likeness (QED) is 0.0272. The van der Waals surface area contributed by atoms with E-state index in [1.165, 1.54) is 38.5 Å². The van der Waals surface area contributed by atoms with Gasteiger partial charge < -0.3 is 28.6 Å². The molecule has 0 rings (SSSR count). The van der Waals surface area contributed by atoms with Crippen LogP contribution in [-0.4, -0.2) is 75.5 Å². The number of quaternary nitrogens is 1. The van der Waals surface area contributed by atoms with Gasteiger partial charge in [-0.05, 0) is 77.0 Å². The van der Waals surface area contributed by atoms with Crippen LogP contribution in [0, 0.1) is 0 Å². The number of allylic oxidation sites excluding steroid dienone is 12. The number of carboxylic acids is 1. The Kier molecular flexibility index (Phi) is 34.5. The van der Waals surface area contributed by atoms with Crippen molar-refractivity contribution in [1.29, 1.82) is 0 Å². The molecule has 0 radical (unpaired) electrons. The van der Waals surface area contributed by atoms with Crippen LogP contribution < -0.4 is 5.11 Å². The summed E-state index contributed by atoms with van der Waals surface area (Å²) in [5.41, 5.74) is 0. The number of ether oxygens (including phenoxy) is 3. The topological polar surface area (TPSA) is 102 Å². The van der Waals surface area contributed by atoms with Gasteiger partial charge in [0.05, 0.1) is 40.3 Å². The van der Waals surface area contributed by atoms with Crippen molar-refractivity contribution in [3.63, 3.8) is 0 Å². The smallest absolute Gasteiger partial charge is 0.306 e. The summed E-state index contributed by atoms with van der Waals surface area (Å²) in [6, 6.07) is -0.739. The Hall–Kier alpha value is -3.23. The van der Waals surface area contributed by atoms with Gasteiger partial charge in [-0.25, -0.2) is 0 Å². The molecule has 0 heterocycles. The van der Waals surface area contributed by atoms with Gasteiger partial charge in [0, 0.05) is 19.3 Å². The van der Waals surface area contributed by atoms with Gasteiger partial charge in [0.15, 0.2) is 6.10 Å². The zero-order valence-electron chi connectivity index (χ0n) is 34.9. The third kappa shape index (κ3) is 34.5. The van der Waals surface area contributed by atoms with Gasteiger partial charge in [0.1, 0.15) is 12.6 Å². The van der Waals surface area contributed by atoms with Gasteiger partial charge in [0.2, 0.25) is 0 Å². The molecule has 0 fully saturated rings. The number of nitrogens with zero attached hydrogens (tertiary/aromatic N) is 1. The van der Waals surface area contributed by atoms with E-state index in [0.717, 1.165) is 70.6 Å². The number of hydrogen-bond acceptors (Lipinski definition) is 7. The summed E-state index contributed by atoms with van der Waals surface area (Å²) in [6.45, 7) is 4.44. The zero-order valence-corrected chi connectivity index (χ0v) is 34.9. The third-order valence-electron chi connectivity index (χ3n) is 8.83. The van der Waals surface area contributed by atoms with Crippen molar-refractivity contribution in [3.05, 3.63) is 72.9 Å². The summed E-state index contributed by atoms with van der Waals surface area (Å²) in [5.74, 6) is -1.84. The van der Waals surface area contributed by atoms with E-state index in [9.17, 15) is 19.5 Å². The molecule has 0 aliphatic heterocycles. The summed E-state index contributed by atoms with van der Waals surface area (Å²) >= 11 is 0. The highest BCUT2D eigenvalue weighted by Crippen LogP contribution is 2.11. The SMILES string of the molecule is CC/C=C/C/C=C/C/C=C/C/C=C/C/C=C/CCCC(=O)OCC(COCCC(C(=O)[O-])[N+](C)(C)C)OC(=O)CCCCC/C=C/CCCCCCCC. The molecule has 54 heavy (non-hydrogen) atoms. The van der Waals surface area contributed by atoms with E-state index in [-0.39, 0.29) is 55.5 Å². The third-order valence-corrected chi connectivity index (χ3v) is 8.83. The molecule has 0 aromatic heterocycles. The number of carbonyl (C=O) groups excluding carboxylic acids is 3. The van der Waals surface area contributed by atoms with Gasteiger partial charge in [-0.15, -0.1) is 0 Å². The lowest BCUT2D eigenvalue weighted by molar-refractivity contribution is -0.889. The number of esters is 2. The number of carboxylic acid groups (broad SMARTS) is 1. The fourth-order valence-corrected chi connectivity index (χ4v) is 5.57. The molecule has 0 aromatic rings. The van der Waals surface area contributed by atoms with Crippen LogP contribution >= 0.6 is 0 Å². The molecule has 308 valence electrons. The molecule has 0 aliphatic rings. The normalized spacial score (nSPS) is 13.7. The summed E-state index contributed by atoms with van der Waals surface area (Å²) in [7, 11) is 5.37. The van der Waals surface area contributed by atoms with Gasteiger partial charge in [-0.3, -0.25) is 9.59 Å². The van der Waals surface area contributed by atoms with Crippen LogP contribution in [0.1, 0.15) is 149 Å². The molecule has 0 saturated heterocycles. The van der Waals surface area contributed by atoms with Crippen molar-refractivity contribution in [2.75, 3.05) is 41.0 Å². The van der Waals surface area contributed by atoms with E-state index < -0.39 is 18.1 Å². The van der Waals surface area contributed by atoms with Crippen LogP contribution in [0.25, 0.3) is 0 Å². The Morgan fingerprint density at radius 2 is 1.06 bits per heavy atom. The maximum Gasteiger partial charge on any atom is 0.306 e. The number of likely N-dealkylation sites (N-methyl/N-ethyl adjacent to an activating group) is 1. The van der Waals surface area contributed by atoms with Gasteiger partial charge in [-0.1, -0.05) is 125 Å². The molecule has 2 unspecified atom stereocenters. The highest BCUT2D eigenvalue weighted by atomic mass is 16.6. The van der Waals surface area contributed by atoms with Crippen molar-refractivity contribution in [1.82, 2.24) is 0 Å². The molecule has 0 aliphatic carbocycles. The Morgan fingerprint density at radius 1 is 0.574 bits per heavy atom. The molecular formula is C46H77NO7. The molecule has 0 amide bonds. The average Bonchev–Trinajstić information content (AvgIpc) is 3.12. The minimum Gasteiger partial charge on any atom is -0.544 e. The van der Waals surface area contributed by atoms with Crippen LogP contribution in [0.15, 0.2) is 72.9 Å². The molecule has 8 nitrogen and oxygen atoms in total. The highest BCUT2D eigenvalue weighted by Gasteiger charge is 2.25. The molecule has 8 heteroatoms. The molecular weight excluding hydrogens is 679 g/mol. The lowest BCUT2D eigenvalue weighted by Gasteiger charge is -2.34. The maximum atomic E-state index is 12.7. The van der Waals surface area contributed by atoms with E-state index in [2.05, 4.69) is 86.8 Å². The summed E-state index contributed by atoms with van der Waals surface area (Å²) in [5, 5.41) is 11.6. The van der Waals surface area contributed by atoms with E-state index in [1.807, 2.05) is 0 Å². The van der Waals surface area contributed by atoms with Crippen molar-refractivity contribution in [2.24, 2.45) is 0 Å². The van der Waals surface area contributed by atoms with E-state index in [1.54, 1.807) is 21.1 Å². The van der Waals surface area contributed by atoms with Gasteiger partial charge in [0.25, 0.3) is 0 Å². The first-order chi connectivity index (χ1) is 26.1. The van der Waals surface area contributed by atoms with Crippen LogP contribution in [0.2, 0.25) is 0 Å². The van der Waals surface area contributed by atoms with Crippen molar-refractivity contribution >= 4 is 17.9 Å². The molecule has 2 atom stereocenters. The molecule has 0 N–H and O–H groups in total. The van der Waals surface area contributed by atoms with Crippen molar-refractivity contribution in [2.45, 2.75) is 161 Å². The van der Waals surface area contributed by atoms with E-state index in [0.29, 0.717) is 6.42 Å². The molecule has 0 saturated carbocycles. The van der Waals surface area contributed by atoms with Crippen LogP contribution in [0.4, 0.5) is 0 Å². The maximum absolute atomic E-state index is 12.7. The van der Waals surface area contributed by atoms with Crippen LogP contribution in [0.5, 0.6) is 0 Å². The van der Waals surface area contributed by atoms with Crippen LogP contribution in [0.3, 0.4) is 0 Å². The van der Waals surface area contributed by atoms with Crippen molar-refractivity contribution in [3.8, 4) is 0 Å². The number of carbonyl (C=O) groups is 3. The predicted octanol–water partition coefficient (Wildman–Crippen LogP) is 9.85. The number of unbranched alkanes of at least 4 members (excludes halogenated alkanes) is 10. The standard InChI is InChI=1S/C46H77NO7/c1-6-8-10-12-14-16-18-20-21-22-23-25-26-28-30-32-34-36-44(48)53-41-42(40-52-39-38-43(46(50)51)47(3,4)5)54-45(49)37-35-33-31-29-27-24-19-17-15-13-11-9-7-2/h8,10,14,16,20-21,23-25,27-28,30,42-43H,6-7,9,11-13,15,17-19,22,26,29,31-41H2,1-5H3/b10-8+,16-14+,21-20+,25-23+,27-24+,30-28+. The van der Waals surface area contributed by atoms with E-state index >= 15 is 0 Å². The Bertz CT molecular complexity index is 1110. The molecule has 0 bridgehead atoms. The number of hydrogen-bond donors (Lipinski definition) is 0. The minimum atomic E-state index is -1.14. The summed E-state index contributed by atoms with van der Waals surface area (Å²) < 4.78 is 17.0. The van der Waals surface area contributed by atoms with Gasteiger partial charge >= 0.3 is 11.9 Å². The number of rotatable bonds is 36. The Labute approximate surface area is 330 Å². The fraction of sp³-hybridized carbons (Fsp3) is 0.674. The zero-order chi connectivity index (χ0) is 40.0. The lowest BCUT2D eigenvalue weighted by Crippen LogP contribution is -2.55. The molecule has 0 aromatic carbocycles. The second-order valence-electron chi connectivity index (χ2n) is 14.8. The average molecular weight is 756 g/mol. The first-order valence-corrected chi connectivity index (χ1v) is 21.0. The Balaban J connectivity index is 4.51. The number of aliphatic carboxylic acids is 1. The summed E-state index contributed by atoms with van der Waals surface area (Å²) in [6.07, 6.45) is 45.0. The Morgan fingerprint density at radius 3 is 1.61 bits per heavy atom. The minimum absolute atomic E-state index is 0.0133. The monoisotopic (exact) mass is 756 g/mol. The first-order valence-electron chi connectivity index (χ1n) is 21.0. The van der Waals surface area contributed by atoms with E-state index in [4.69, 9.17) is 14.2 Å². The van der Waals surface area contributed by atoms with Crippen molar-refractivity contribution < 1.29 is 38.2 Å². The second kappa shape index (κ2) is 36.7. The fourth-order valence-electron chi connectivity index (χ4n) is 5.57. The predicted molar refractivity (Wildman–Crippen MR) is 222 cm³/mol. The molecule has 0 spiro atoms. The lowest BCUT2D eigenvalue weighted by atomic mass is 10.1. The highest BCUT2D eigenvalue weighted by molar-refractivity contribution is 5.70. The van der Waals surface area contributed by atoms with Gasteiger partial charge in [-0.2, -0.15) is 0 Å². The van der Waals surface area contributed by atoms with Crippen LogP contribution in [-0.2, 0) is 28.6 Å². The largest absolute Gasteiger partial charge is 0.544 e. The second-order valence-corrected chi connectivity index (χ2v) is 14.8. The summed E-state index contributed by atoms with van der Waals surface area (Å²) in [4.78, 5) is 36.7. The first kappa shape index (κ1) is 50.8.